The Morgan fingerprint density at radius 3 is 2.60 bits per heavy atom. The summed E-state index contributed by atoms with van der Waals surface area (Å²) in [7, 11) is 1.57. The van der Waals surface area contributed by atoms with E-state index in [0.29, 0.717) is 13.2 Å². The fourth-order valence-corrected chi connectivity index (χ4v) is 1.73. The van der Waals surface area contributed by atoms with Gasteiger partial charge in [0.2, 0.25) is 0 Å². The Morgan fingerprint density at radius 2 is 2.00 bits per heavy atom. The molecule has 0 saturated carbocycles. The van der Waals surface area contributed by atoms with E-state index in [1.165, 1.54) is 0 Å². The van der Waals surface area contributed by atoms with Crippen molar-refractivity contribution in [2.45, 2.75) is 6.10 Å². The first-order valence-corrected chi connectivity index (χ1v) is 6.40. The molecule has 0 fully saturated rings. The lowest BCUT2D eigenvalue weighted by Gasteiger charge is -2.25. The Morgan fingerprint density at radius 1 is 1.30 bits per heavy atom. The minimum Gasteiger partial charge on any atom is -0.480 e. The van der Waals surface area contributed by atoms with E-state index in [9.17, 15) is 9.90 Å². The first-order chi connectivity index (χ1) is 9.63. The first kappa shape index (κ1) is 16.4. The van der Waals surface area contributed by atoms with Crippen LogP contribution in [0.2, 0.25) is 0 Å². The molecule has 0 aliphatic heterocycles. The molecule has 1 aromatic rings. The number of carboxylic acids is 1. The highest BCUT2D eigenvalue weighted by atomic mass is 16.5. The van der Waals surface area contributed by atoms with Crippen molar-refractivity contribution in [1.29, 1.82) is 0 Å². The normalized spacial score (nSPS) is 12.1. The van der Waals surface area contributed by atoms with Gasteiger partial charge in [-0.1, -0.05) is 18.2 Å². The van der Waals surface area contributed by atoms with Crippen LogP contribution in [0.15, 0.2) is 30.3 Å². The molecule has 1 aromatic carbocycles. The van der Waals surface area contributed by atoms with Crippen LogP contribution in [0.4, 0.5) is 5.69 Å². The largest absolute Gasteiger partial charge is 0.480 e. The summed E-state index contributed by atoms with van der Waals surface area (Å²) >= 11 is 0. The summed E-state index contributed by atoms with van der Waals surface area (Å²) in [5.41, 5.74) is 0.755. The van der Waals surface area contributed by atoms with Crippen LogP contribution in [-0.4, -0.2) is 62.3 Å². The van der Waals surface area contributed by atoms with Gasteiger partial charge in [0, 0.05) is 19.3 Å². The molecule has 0 saturated heterocycles. The molecule has 0 aromatic heterocycles. The number of para-hydroxylation sites is 1. The van der Waals surface area contributed by atoms with Gasteiger partial charge in [0.25, 0.3) is 0 Å². The smallest absolute Gasteiger partial charge is 0.323 e. The number of benzene rings is 1. The zero-order valence-corrected chi connectivity index (χ0v) is 11.6. The van der Waals surface area contributed by atoms with Crippen molar-refractivity contribution < 1.29 is 24.5 Å². The Bertz CT molecular complexity index is 384. The van der Waals surface area contributed by atoms with Gasteiger partial charge in [0.1, 0.15) is 6.54 Å². The predicted molar refractivity (Wildman–Crippen MR) is 75.0 cm³/mol. The summed E-state index contributed by atoms with van der Waals surface area (Å²) in [4.78, 5) is 12.5. The average Bonchev–Trinajstić information content (AvgIpc) is 2.43. The van der Waals surface area contributed by atoms with E-state index in [4.69, 9.17) is 14.6 Å². The number of aliphatic hydroxyl groups is 1. The number of hydrogen-bond donors (Lipinski definition) is 2. The number of carboxylic acid groups (broad SMARTS) is 1. The van der Waals surface area contributed by atoms with Gasteiger partial charge in [0.05, 0.1) is 25.9 Å². The highest BCUT2D eigenvalue weighted by Crippen LogP contribution is 2.13. The van der Waals surface area contributed by atoms with Gasteiger partial charge in [-0.2, -0.15) is 0 Å². The lowest BCUT2D eigenvalue weighted by Crippen LogP contribution is -2.38. The zero-order valence-electron chi connectivity index (χ0n) is 11.6. The topological polar surface area (TPSA) is 79.2 Å². The maximum absolute atomic E-state index is 10.9. The Balaban J connectivity index is 2.50. The van der Waals surface area contributed by atoms with E-state index in [-0.39, 0.29) is 19.7 Å². The molecular weight excluding hydrogens is 262 g/mol. The molecule has 0 heterocycles. The maximum atomic E-state index is 10.9. The second-order valence-electron chi connectivity index (χ2n) is 4.33. The fourth-order valence-electron chi connectivity index (χ4n) is 1.73. The van der Waals surface area contributed by atoms with Crippen molar-refractivity contribution >= 4 is 11.7 Å². The SMILES string of the molecule is COCCOCC(O)CN(CC(=O)O)c1ccccc1. The average molecular weight is 283 g/mol. The second kappa shape index (κ2) is 9.30. The molecule has 20 heavy (non-hydrogen) atoms. The summed E-state index contributed by atoms with van der Waals surface area (Å²) in [6, 6.07) is 9.12. The number of hydrogen-bond acceptors (Lipinski definition) is 5. The number of nitrogens with zero attached hydrogens (tertiary/aromatic N) is 1. The zero-order chi connectivity index (χ0) is 14.8. The van der Waals surface area contributed by atoms with E-state index < -0.39 is 12.1 Å². The minimum atomic E-state index is -0.943. The molecule has 1 atom stereocenters. The van der Waals surface area contributed by atoms with E-state index in [1.54, 1.807) is 24.1 Å². The van der Waals surface area contributed by atoms with Gasteiger partial charge < -0.3 is 24.6 Å². The van der Waals surface area contributed by atoms with E-state index in [0.717, 1.165) is 5.69 Å². The molecule has 6 nitrogen and oxygen atoms in total. The predicted octanol–water partition coefficient (Wildman–Crippen LogP) is 0.602. The number of aliphatic hydroxyl groups excluding tert-OH is 1. The van der Waals surface area contributed by atoms with Crippen LogP contribution in [0.5, 0.6) is 0 Å². The van der Waals surface area contributed by atoms with Crippen LogP contribution in [0.1, 0.15) is 0 Å². The van der Waals surface area contributed by atoms with Crippen molar-refractivity contribution in [1.82, 2.24) is 0 Å². The van der Waals surface area contributed by atoms with Crippen LogP contribution < -0.4 is 4.90 Å². The molecule has 2 N–H and O–H groups in total. The van der Waals surface area contributed by atoms with Crippen LogP contribution in [-0.2, 0) is 14.3 Å². The number of carbonyl (C=O) groups is 1. The molecule has 0 aliphatic carbocycles. The van der Waals surface area contributed by atoms with Gasteiger partial charge in [-0.05, 0) is 12.1 Å². The molecule has 112 valence electrons. The Kier molecular flexibility index (Phi) is 7.64. The summed E-state index contributed by atoms with van der Waals surface area (Å²) in [6.45, 7) is 1.04. The number of methoxy groups -OCH3 is 1. The highest BCUT2D eigenvalue weighted by molar-refractivity contribution is 5.73. The fraction of sp³-hybridized carbons (Fsp3) is 0.500. The second-order valence-corrected chi connectivity index (χ2v) is 4.33. The third-order valence-electron chi connectivity index (χ3n) is 2.62. The lowest BCUT2D eigenvalue weighted by molar-refractivity contribution is -0.135. The molecular formula is C14H21NO5. The van der Waals surface area contributed by atoms with Crippen molar-refractivity contribution in [2.75, 3.05) is 44.9 Å². The molecule has 0 spiro atoms. The number of aliphatic carboxylic acids is 1. The molecule has 0 bridgehead atoms. The van der Waals surface area contributed by atoms with Gasteiger partial charge in [0.15, 0.2) is 0 Å². The number of ether oxygens (including phenoxy) is 2. The third-order valence-corrected chi connectivity index (χ3v) is 2.62. The monoisotopic (exact) mass is 283 g/mol. The molecule has 0 radical (unpaired) electrons. The Labute approximate surface area is 118 Å². The van der Waals surface area contributed by atoms with Crippen molar-refractivity contribution in [3.8, 4) is 0 Å². The first-order valence-electron chi connectivity index (χ1n) is 6.40. The van der Waals surface area contributed by atoms with E-state index in [2.05, 4.69) is 0 Å². The summed E-state index contributed by atoms with van der Waals surface area (Å²) < 4.78 is 10.1. The standard InChI is InChI=1S/C14H21NO5/c1-19-7-8-20-11-13(16)9-15(10-14(17)18)12-5-3-2-4-6-12/h2-6,13,16H,7-11H2,1H3,(H,17,18). The molecule has 1 unspecified atom stereocenters. The maximum Gasteiger partial charge on any atom is 0.323 e. The molecule has 0 aliphatic rings. The van der Waals surface area contributed by atoms with E-state index >= 15 is 0 Å². The van der Waals surface area contributed by atoms with Crippen LogP contribution >= 0.6 is 0 Å². The van der Waals surface area contributed by atoms with Crippen molar-refractivity contribution in [2.24, 2.45) is 0 Å². The van der Waals surface area contributed by atoms with Crippen molar-refractivity contribution in [3.05, 3.63) is 30.3 Å². The third kappa shape index (κ3) is 6.51. The van der Waals surface area contributed by atoms with E-state index in [1.807, 2.05) is 18.2 Å². The highest BCUT2D eigenvalue weighted by Gasteiger charge is 2.15. The molecule has 6 heteroatoms. The van der Waals surface area contributed by atoms with Crippen LogP contribution in [0.25, 0.3) is 0 Å². The molecule has 0 amide bonds. The molecule has 1 rings (SSSR count). The summed E-state index contributed by atoms with van der Waals surface area (Å²) in [5.74, 6) is -0.943. The summed E-state index contributed by atoms with van der Waals surface area (Å²) in [6.07, 6.45) is -0.758. The van der Waals surface area contributed by atoms with Crippen LogP contribution in [0.3, 0.4) is 0 Å². The number of rotatable bonds is 10. The van der Waals surface area contributed by atoms with Crippen LogP contribution in [0, 0.1) is 0 Å². The summed E-state index contributed by atoms with van der Waals surface area (Å²) in [5, 5.41) is 18.8. The number of anilines is 1. The van der Waals surface area contributed by atoms with Gasteiger partial charge >= 0.3 is 5.97 Å². The minimum absolute atomic E-state index is 0.145. The lowest BCUT2D eigenvalue weighted by atomic mass is 10.2. The quantitative estimate of drug-likeness (QED) is 0.612. The van der Waals surface area contributed by atoms with Crippen molar-refractivity contribution in [3.63, 3.8) is 0 Å². The Hall–Kier alpha value is -1.63. The van der Waals surface area contributed by atoms with Gasteiger partial charge in [-0.25, -0.2) is 0 Å². The van der Waals surface area contributed by atoms with Gasteiger partial charge in [-0.3, -0.25) is 4.79 Å². The van der Waals surface area contributed by atoms with Gasteiger partial charge in [-0.15, -0.1) is 0 Å².